The van der Waals surface area contributed by atoms with Gasteiger partial charge in [-0.1, -0.05) is 44.2 Å². The normalized spacial score (nSPS) is 19.9. The first-order valence-electron chi connectivity index (χ1n) is 12.6. The molecular weight excluding hydrogens is 482 g/mol. The van der Waals surface area contributed by atoms with Crippen molar-refractivity contribution in [3.8, 4) is 6.07 Å². The molecule has 0 radical (unpaired) electrons. The number of nitrogens with zero attached hydrogens (tertiary/aromatic N) is 3. The first-order chi connectivity index (χ1) is 18.0. The van der Waals surface area contributed by atoms with Gasteiger partial charge in [0.05, 0.1) is 12.6 Å². The molecule has 0 aromatic heterocycles. The molecule has 0 fully saturated rings. The molecule has 2 aromatic carbocycles. The molecule has 8 heteroatoms. The fraction of sp³-hybridized carbons (Fsp3) is 0.333. The van der Waals surface area contributed by atoms with Gasteiger partial charge in [0.1, 0.15) is 11.6 Å². The Bertz CT molecular complexity index is 1470. The Kier molecular flexibility index (Phi) is 7.25. The molecule has 196 valence electrons. The van der Waals surface area contributed by atoms with E-state index in [1.54, 1.807) is 13.0 Å². The van der Waals surface area contributed by atoms with Crippen LogP contribution >= 0.6 is 0 Å². The summed E-state index contributed by atoms with van der Waals surface area (Å²) in [5, 5.41) is 30.9. The maximum absolute atomic E-state index is 13.3. The molecule has 0 saturated carbocycles. The predicted molar refractivity (Wildman–Crippen MR) is 144 cm³/mol. The summed E-state index contributed by atoms with van der Waals surface area (Å²) in [5.74, 6) is -2.15. The van der Waals surface area contributed by atoms with Crippen molar-refractivity contribution in [2.75, 3.05) is 18.0 Å². The number of β-amino-alcohol motifs (C(OH)–C–C–N with tert-alkyl or cyclic N) is 1. The number of benzene rings is 2. The lowest BCUT2D eigenvalue weighted by Gasteiger charge is -2.29. The van der Waals surface area contributed by atoms with Crippen LogP contribution in [0.4, 0.5) is 5.69 Å². The maximum Gasteiger partial charge on any atom is 0.303 e. The van der Waals surface area contributed by atoms with Gasteiger partial charge in [0.2, 0.25) is 0 Å². The van der Waals surface area contributed by atoms with Crippen LogP contribution in [0.3, 0.4) is 0 Å². The summed E-state index contributed by atoms with van der Waals surface area (Å²) < 4.78 is 0. The third-order valence-electron chi connectivity index (χ3n) is 7.21. The Hall–Kier alpha value is -4.22. The van der Waals surface area contributed by atoms with Crippen LogP contribution in [0.5, 0.6) is 0 Å². The van der Waals surface area contributed by atoms with Crippen LogP contribution in [0.15, 0.2) is 71.0 Å². The average molecular weight is 514 g/mol. The first-order valence-corrected chi connectivity index (χ1v) is 12.6. The molecule has 0 saturated heterocycles. The number of allylic oxidation sites excluding steroid dienone is 3. The number of aliphatic hydroxyl groups is 1. The van der Waals surface area contributed by atoms with Crippen molar-refractivity contribution in [1.82, 2.24) is 4.90 Å². The van der Waals surface area contributed by atoms with Gasteiger partial charge in [-0.2, -0.15) is 5.26 Å². The fourth-order valence-corrected chi connectivity index (χ4v) is 5.41. The molecule has 0 bridgehead atoms. The molecule has 1 unspecified atom stereocenters. The van der Waals surface area contributed by atoms with Crippen molar-refractivity contribution in [2.24, 2.45) is 0 Å². The standard InChI is InChI=1S/C30H31N3O5/c1-18(34)17-33-28(37)21(19(2)23(16-31)29(33)38)12-14-25-30(3,4)27-22-9-6-5-8-20(22)11-13-24(27)32(25)15-7-10-26(35)36/h5-6,8-9,11-14,18,34H,7,10,15,17H2,1-4H3,(H,35,36)/b21-12-,25-14+. The second-order valence-corrected chi connectivity index (χ2v) is 10.3. The third kappa shape index (κ3) is 4.61. The van der Waals surface area contributed by atoms with E-state index >= 15 is 0 Å². The average Bonchev–Trinajstić information content (AvgIpc) is 3.08. The summed E-state index contributed by atoms with van der Waals surface area (Å²) in [4.78, 5) is 40.3. The third-order valence-corrected chi connectivity index (χ3v) is 7.21. The number of carbonyl (C=O) groups excluding carboxylic acids is 2. The Morgan fingerprint density at radius 2 is 1.82 bits per heavy atom. The van der Waals surface area contributed by atoms with E-state index in [1.165, 1.54) is 6.92 Å². The van der Waals surface area contributed by atoms with Crippen molar-refractivity contribution in [3.63, 3.8) is 0 Å². The number of fused-ring (bicyclic) bond motifs is 3. The summed E-state index contributed by atoms with van der Waals surface area (Å²) in [5.41, 5.74) is 2.84. The molecule has 0 spiro atoms. The van der Waals surface area contributed by atoms with Crippen molar-refractivity contribution in [1.29, 1.82) is 5.26 Å². The lowest BCUT2D eigenvalue weighted by molar-refractivity contribution is -0.142. The largest absolute Gasteiger partial charge is 0.481 e. The second-order valence-electron chi connectivity index (χ2n) is 10.3. The van der Waals surface area contributed by atoms with E-state index in [0.29, 0.717) is 13.0 Å². The highest BCUT2D eigenvalue weighted by Gasteiger charge is 2.41. The van der Waals surface area contributed by atoms with Gasteiger partial charge >= 0.3 is 5.97 Å². The molecule has 0 aliphatic carbocycles. The highest BCUT2D eigenvalue weighted by Crippen LogP contribution is 2.50. The van der Waals surface area contributed by atoms with Crippen molar-refractivity contribution < 1.29 is 24.6 Å². The molecule has 8 nitrogen and oxygen atoms in total. The minimum atomic E-state index is -0.942. The van der Waals surface area contributed by atoms with E-state index < -0.39 is 29.3 Å². The van der Waals surface area contributed by atoms with Crippen LogP contribution in [0.25, 0.3) is 10.8 Å². The predicted octanol–water partition coefficient (Wildman–Crippen LogP) is 4.20. The number of nitriles is 1. The van der Waals surface area contributed by atoms with E-state index in [2.05, 4.69) is 30.9 Å². The van der Waals surface area contributed by atoms with E-state index in [1.807, 2.05) is 36.4 Å². The van der Waals surface area contributed by atoms with Crippen LogP contribution in [-0.4, -0.2) is 52.1 Å². The van der Waals surface area contributed by atoms with Crippen molar-refractivity contribution >= 4 is 34.2 Å². The summed E-state index contributed by atoms with van der Waals surface area (Å²) in [7, 11) is 0. The number of aliphatic hydroxyl groups excluding tert-OH is 1. The number of hydrogen-bond donors (Lipinski definition) is 2. The molecular formula is C30H31N3O5. The van der Waals surface area contributed by atoms with Gasteiger partial charge in [-0.3, -0.25) is 19.3 Å². The smallest absolute Gasteiger partial charge is 0.303 e. The Labute approximate surface area is 221 Å². The Morgan fingerprint density at radius 1 is 1.11 bits per heavy atom. The highest BCUT2D eigenvalue weighted by molar-refractivity contribution is 6.18. The van der Waals surface area contributed by atoms with Crippen LogP contribution in [0.2, 0.25) is 0 Å². The molecule has 2 amide bonds. The molecule has 2 aliphatic heterocycles. The number of hydrogen-bond acceptors (Lipinski definition) is 6. The topological polar surface area (TPSA) is 122 Å². The minimum Gasteiger partial charge on any atom is -0.481 e. The summed E-state index contributed by atoms with van der Waals surface area (Å²) in [6.45, 7) is 7.49. The quantitative estimate of drug-likeness (QED) is 0.420. The number of carboxylic acids is 1. The van der Waals surface area contributed by atoms with Gasteiger partial charge in [-0.05, 0) is 60.4 Å². The van der Waals surface area contributed by atoms with Gasteiger partial charge in [0.25, 0.3) is 11.8 Å². The van der Waals surface area contributed by atoms with Crippen LogP contribution in [0.1, 0.15) is 46.1 Å². The zero-order valence-electron chi connectivity index (χ0n) is 22.0. The number of rotatable bonds is 7. The molecule has 2 N–H and O–H groups in total. The van der Waals surface area contributed by atoms with Gasteiger partial charge in [0, 0.05) is 35.3 Å². The first kappa shape index (κ1) is 26.8. The van der Waals surface area contributed by atoms with Crippen LogP contribution in [-0.2, 0) is 19.8 Å². The highest BCUT2D eigenvalue weighted by atomic mass is 16.4. The number of amides is 2. The van der Waals surface area contributed by atoms with Gasteiger partial charge in [0.15, 0.2) is 0 Å². The molecule has 1 atom stereocenters. The minimum absolute atomic E-state index is 0.0243. The second kappa shape index (κ2) is 10.3. The molecule has 2 aromatic rings. The number of anilines is 1. The SMILES string of the molecule is CC1=C(C#N)C(=O)N(CC(C)O)C(=O)/C1=C\C=C1\N(CCCC(=O)O)c2ccc3ccccc3c2C1(C)C. The number of imide groups is 1. The lowest BCUT2D eigenvalue weighted by atomic mass is 9.81. The van der Waals surface area contributed by atoms with E-state index in [9.17, 15) is 29.9 Å². The van der Waals surface area contributed by atoms with Gasteiger partial charge < -0.3 is 15.1 Å². The summed E-state index contributed by atoms with van der Waals surface area (Å²) in [6.07, 6.45) is 2.97. The number of carboxylic acid groups (broad SMARTS) is 1. The lowest BCUT2D eigenvalue weighted by Crippen LogP contribution is -2.45. The van der Waals surface area contributed by atoms with Crippen molar-refractivity contribution in [2.45, 2.75) is 52.1 Å². The van der Waals surface area contributed by atoms with Gasteiger partial charge in [-0.25, -0.2) is 0 Å². The Morgan fingerprint density at radius 3 is 2.47 bits per heavy atom. The zero-order chi connectivity index (χ0) is 27.8. The Balaban J connectivity index is 1.87. The van der Waals surface area contributed by atoms with E-state index in [0.717, 1.165) is 32.6 Å². The van der Waals surface area contributed by atoms with E-state index in [-0.39, 0.29) is 29.7 Å². The molecule has 2 heterocycles. The van der Waals surface area contributed by atoms with E-state index in [4.69, 9.17) is 0 Å². The summed E-state index contributed by atoms with van der Waals surface area (Å²) >= 11 is 0. The maximum atomic E-state index is 13.3. The molecule has 4 rings (SSSR count). The molecule has 38 heavy (non-hydrogen) atoms. The zero-order valence-corrected chi connectivity index (χ0v) is 22.0. The number of carbonyl (C=O) groups is 3. The van der Waals surface area contributed by atoms with Crippen LogP contribution < -0.4 is 4.90 Å². The van der Waals surface area contributed by atoms with Gasteiger partial charge in [-0.15, -0.1) is 0 Å². The molecule has 2 aliphatic rings. The van der Waals surface area contributed by atoms with Crippen molar-refractivity contribution in [3.05, 3.63) is 76.5 Å². The number of aliphatic carboxylic acids is 1. The monoisotopic (exact) mass is 513 g/mol. The van der Waals surface area contributed by atoms with Crippen LogP contribution in [0, 0.1) is 11.3 Å². The fourth-order valence-electron chi connectivity index (χ4n) is 5.41. The summed E-state index contributed by atoms with van der Waals surface area (Å²) in [6, 6.07) is 14.1.